The Morgan fingerprint density at radius 2 is 2.04 bits per heavy atom. The van der Waals surface area contributed by atoms with Crippen molar-refractivity contribution in [3.8, 4) is 0 Å². The molecule has 1 aromatic rings. The average molecular weight is 354 g/mol. The third-order valence-electron chi connectivity index (χ3n) is 4.47. The lowest BCUT2D eigenvalue weighted by molar-refractivity contribution is 0.0943. The summed E-state index contributed by atoms with van der Waals surface area (Å²) >= 11 is 0. The number of carbonyl (C=O) groups excluding carboxylic acids is 1. The zero-order chi connectivity index (χ0) is 18.8. The Labute approximate surface area is 157 Å². The van der Waals surface area contributed by atoms with Gasteiger partial charge in [-0.05, 0) is 68.2 Å². The first kappa shape index (κ1) is 20.0. The highest BCUT2D eigenvalue weighted by atomic mass is 16.1. The quantitative estimate of drug-likeness (QED) is 0.495. The zero-order valence-corrected chi connectivity index (χ0v) is 16.3. The molecule has 4 heteroatoms. The molecule has 4 nitrogen and oxygen atoms in total. The number of aromatic nitrogens is 1. The van der Waals surface area contributed by atoms with Crippen LogP contribution in [0.3, 0.4) is 0 Å². The summed E-state index contributed by atoms with van der Waals surface area (Å²) in [4.78, 5) is 12.4. The van der Waals surface area contributed by atoms with Crippen molar-refractivity contribution in [3.63, 3.8) is 0 Å². The monoisotopic (exact) mass is 353 g/mol. The van der Waals surface area contributed by atoms with Crippen molar-refractivity contribution in [2.24, 2.45) is 0 Å². The summed E-state index contributed by atoms with van der Waals surface area (Å²) in [5, 5.41) is 6.47. The van der Waals surface area contributed by atoms with Crippen LogP contribution in [0.25, 0.3) is 0 Å². The first-order valence-electron chi connectivity index (χ1n) is 9.63. The van der Waals surface area contributed by atoms with E-state index in [0.29, 0.717) is 6.54 Å². The van der Waals surface area contributed by atoms with Crippen molar-refractivity contribution in [2.75, 3.05) is 19.6 Å². The highest BCUT2D eigenvalue weighted by Gasteiger charge is 2.11. The molecule has 0 unspecified atom stereocenters. The average Bonchev–Trinajstić information content (AvgIpc) is 2.86. The summed E-state index contributed by atoms with van der Waals surface area (Å²) < 4.78 is 2.09. The van der Waals surface area contributed by atoms with E-state index in [1.807, 2.05) is 31.2 Å². The van der Waals surface area contributed by atoms with E-state index in [1.165, 1.54) is 11.1 Å². The van der Waals surface area contributed by atoms with Gasteiger partial charge in [0.05, 0.1) is 0 Å². The maximum Gasteiger partial charge on any atom is 0.267 e. The predicted octanol–water partition coefficient (Wildman–Crippen LogP) is 3.90. The molecule has 0 aromatic carbocycles. The molecule has 1 amide bonds. The molecule has 2 N–H and O–H groups in total. The lowest BCUT2D eigenvalue weighted by Crippen LogP contribution is -2.29. The maximum absolute atomic E-state index is 12.4. The molecule has 1 aromatic heterocycles. The Kier molecular flexibility index (Phi) is 8.20. The maximum atomic E-state index is 12.4. The number of nitrogens with zero attached hydrogens (tertiary/aromatic N) is 1. The van der Waals surface area contributed by atoms with Gasteiger partial charge in [0.2, 0.25) is 0 Å². The highest BCUT2D eigenvalue weighted by Crippen LogP contribution is 2.11. The fourth-order valence-electron chi connectivity index (χ4n) is 2.99. The number of hydrogen-bond donors (Lipinski definition) is 2. The minimum absolute atomic E-state index is 0.0174. The Hall–Kier alpha value is -2.29. The summed E-state index contributed by atoms with van der Waals surface area (Å²) in [7, 11) is 0. The molecule has 0 saturated heterocycles. The number of rotatable bonds is 10. The van der Waals surface area contributed by atoms with E-state index in [-0.39, 0.29) is 5.91 Å². The molecule has 2 rings (SSSR count). The van der Waals surface area contributed by atoms with E-state index in [9.17, 15) is 4.79 Å². The van der Waals surface area contributed by atoms with Gasteiger partial charge in [-0.3, -0.25) is 4.79 Å². The van der Waals surface area contributed by atoms with Crippen molar-refractivity contribution in [2.45, 2.75) is 46.6 Å². The first-order valence-corrected chi connectivity index (χ1v) is 9.63. The van der Waals surface area contributed by atoms with E-state index >= 15 is 0 Å². The van der Waals surface area contributed by atoms with Crippen LogP contribution in [0.1, 0.15) is 49.3 Å². The van der Waals surface area contributed by atoms with Crippen molar-refractivity contribution < 1.29 is 4.79 Å². The fraction of sp³-hybridized carbons (Fsp3) is 0.455. The van der Waals surface area contributed by atoms with Crippen molar-refractivity contribution in [1.82, 2.24) is 15.2 Å². The molecule has 0 bridgehead atoms. The SMILES string of the molecule is CCCn1c(C)ccc1C(=O)NCCCNCC1=CC(CC)=CC=C=C1. The van der Waals surface area contributed by atoms with Crippen LogP contribution in [0, 0.1) is 6.92 Å². The van der Waals surface area contributed by atoms with E-state index in [4.69, 9.17) is 0 Å². The number of aryl methyl sites for hydroxylation is 1. The van der Waals surface area contributed by atoms with Gasteiger partial charge in [-0.15, -0.1) is 5.73 Å². The molecule has 1 aliphatic carbocycles. The number of allylic oxidation sites excluding steroid dienone is 3. The first-order chi connectivity index (χ1) is 12.7. The molecule has 1 aliphatic rings. The standard InChI is InChI=1S/C22H31N3O/c1-4-15-25-18(3)11-12-21(25)22(26)24-14-8-13-23-17-20-10-7-6-9-19(5-2)16-20/h6,9-12,16,23H,4-5,8,13-15,17H2,1-3H3,(H,24,26). The topological polar surface area (TPSA) is 46.1 Å². The third-order valence-corrected chi connectivity index (χ3v) is 4.47. The van der Waals surface area contributed by atoms with Gasteiger partial charge in [-0.1, -0.05) is 26.0 Å². The van der Waals surface area contributed by atoms with Gasteiger partial charge in [0, 0.05) is 25.3 Å². The van der Waals surface area contributed by atoms with Crippen LogP contribution >= 0.6 is 0 Å². The van der Waals surface area contributed by atoms with Crippen LogP contribution < -0.4 is 10.6 Å². The molecule has 1 heterocycles. The van der Waals surface area contributed by atoms with Gasteiger partial charge >= 0.3 is 0 Å². The van der Waals surface area contributed by atoms with Crippen LogP contribution in [0.15, 0.2) is 53.3 Å². The second kappa shape index (κ2) is 10.6. The van der Waals surface area contributed by atoms with Crippen LogP contribution in [-0.2, 0) is 6.54 Å². The molecular weight excluding hydrogens is 322 g/mol. The largest absolute Gasteiger partial charge is 0.351 e. The zero-order valence-electron chi connectivity index (χ0n) is 16.3. The predicted molar refractivity (Wildman–Crippen MR) is 108 cm³/mol. The third kappa shape index (κ3) is 5.91. The van der Waals surface area contributed by atoms with Crippen molar-refractivity contribution >= 4 is 5.91 Å². The van der Waals surface area contributed by atoms with Crippen molar-refractivity contribution in [3.05, 3.63) is 64.7 Å². The Morgan fingerprint density at radius 3 is 2.81 bits per heavy atom. The summed E-state index contributed by atoms with van der Waals surface area (Å²) in [6.07, 6.45) is 11.3. The second-order valence-electron chi connectivity index (χ2n) is 6.59. The van der Waals surface area contributed by atoms with Crippen LogP contribution in [0.2, 0.25) is 0 Å². The van der Waals surface area contributed by atoms with Crippen LogP contribution in [-0.4, -0.2) is 30.1 Å². The molecule has 140 valence electrons. The summed E-state index contributed by atoms with van der Waals surface area (Å²) in [6.45, 7) is 9.58. The van der Waals surface area contributed by atoms with Crippen molar-refractivity contribution in [1.29, 1.82) is 0 Å². The number of hydrogen-bond acceptors (Lipinski definition) is 2. The molecule has 0 aliphatic heterocycles. The molecule has 0 saturated carbocycles. The Bertz CT molecular complexity index is 731. The summed E-state index contributed by atoms with van der Waals surface area (Å²) in [6, 6.07) is 3.92. The smallest absolute Gasteiger partial charge is 0.267 e. The number of amides is 1. The minimum Gasteiger partial charge on any atom is -0.351 e. The van der Waals surface area contributed by atoms with Gasteiger partial charge in [0.1, 0.15) is 5.69 Å². The fourth-order valence-corrected chi connectivity index (χ4v) is 2.99. The van der Waals surface area contributed by atoms with Crippen LogP contribution in [0.5, 0.6) is 0 Å². The van der Waals surface area contributed by atoms with Gasteiger partial charge in [-0.25, -0.2) is 0 Å². The van der Waals surface area contributed by atoms with Gasteiger partial charge in [0.25, 0.3) is 5.91 Å². The Balaban J connectivity index is 1.69. The summed E-state index contributed by atoms with van der Waals surface area (Å²) in [5.41, 5.74) is 7.63. The molecular formula is C22H31N3O. The number of carbonyl (C=O) groups is 1. The minimum atomic E-state index is 0.0174. The lowest BCUT2D eigenvalue weighted by Gasteiger charge is -2.11. The highest BCUT2D eigenvalue weighted by molar-refractivity contribution is 5.92. The second-order valence-corrected chi connectivity index (χ2v) is 6.59. The van der Waals surface area contributed by atoms with Gasteiger partial charge < -0.3 is 15.2 Å². The van der Waals surface area contributed by atoms with Crippen LogP contribution in [0.4, 0.5) is 0 Å². The molecule has 0 radical (unpaired) electrons. The van der Waals surface area contributed by atoms with E-state index in [1.54, 1.807) is 0 Å². The van der Waals surface area contributed by atoms with E-state index < -0.39 is 0 Å². The molecule has 0 atom stereocenters. The molecule has 0 fully saturated rings. The lowest BCUT2D eigenvalue weighted by atomic mass is 10.1. The molecule has 0 spiro atoms. The number of nitrogens with one attached hydrogen (secondary N) is 2. The molecule has 26 heavy (non-hydrogen) atoms. The van der Waals surface area contributed by atoms with Gasteiger partial charge in [0.15, 0.2) is 0 Å². The Morgan fingerprint density at radius 1 is 1.19 bits per heavy atom. The normalized spacial score (nSPS) is 13.3. The van der Waals surface area contributed by atoms with E-state index in [2.05, 4.69) is 46.9 Å². The summed E-state index contributed by atoms with van der Waals surface area (Å²) in [5.74, 6) is 0.0174. The van der Waals surface area contributed by atoms with E-state index in [0.717, 1.165) is 50.3 Å². The van der Waals surface area contributed by atoms with Gasteiger partial charge in [-0.2, -0.15) is 0 Å².